The van der Waals surface area contributed by atoms with Crippen LogP contribution >= 0.6 is 11.8 Å². The predicted octanol–water partition coefficient (Wildman–Crippen LogP) is 2.47. The number of hydrogen-bond acceptors (Lipinski definition) is 3. The third kappa shape index (κ3) is 2.17. The van der Waals surface area contributed by atoms with Crippen LogP contribution in [0, 0.1) is 6.92 Å². The predicted molar refractivity (Wildman–Crippen MR) is 66.8 cm³/mol. The molecule has 0 bridgehead atoms. The molecule has 0 amide bonds. The van der Waals surface area contributed by atoms with E-state index in [1.165, 1.54) is 11.1 Å². The molecule has 1 aromatic carbocycles. The first-order chi connectivity index (χ1) is 7.70. The first-order valence-electron chi connectivity index (χ1n) is 4.90. The van der Waals surface area contributed by atoms with E-state index in [0.717, 1.165) is 16.8 Å². The molecule has 2 rings (SSSR count). The average Bonchev–Trinajstić information content (AvgIpc) is 2.30. The summed E-state index contributed by atoms with van der Waals surface area (Å²) in [5.74, 6) is 0. The molecule has 3 nitrogen and oxygen atoms in total. The second-order valence-corrected chi connectivity index (χ2v) is 4.36. The van der Waals surface area contributed by atoms with Crippen molar-refractivity contribution in [2.75, 3.05) is 6.26 Å². The van der Waals surface area contributed by atoms with Crippen LogP contribution in [-0.2, 0) is 0 Å². The van der Waals surface area contributed by atoms with Crippen molar-refractivity contribution in [2.24, 2.45) is 0 Å². The second kappa shape index (κ2) is 4.53. The van der Waals surface area contributed by atoms with E-state index in [2.05, 4.69) is 22.1 Å². The molecule has 82 valence electrons. The fourth-order valence-electron chi connectivity index (χ4n) is 1.54. The maximum Gasteiger partial charge on any atom is 0.266 e. The summed E-state index contributed by atoms with van der Waals surface area (Å²) in [5.41, 5.74) is 2.83. The lowest BCUT2D eigenvalue weighted by atomic mass is 10.1. The van der Waals surface area contributed by atoms with Gasteiger partial charge in [0.2, 0.25) is 0 Å². The van der Waals surface area contributed by atoms with Crippen molar-refractivity contribution in [3.63, 3.8) is 0 Å². The highest BCUT2D eigenvalue weighted by Crippen LogP contribution is 2.24. The number of nitrogens with one attached hydrogen (secondary N) is 1. The smallest absolute Gasteiger partial charge is 0.266 e. The van der Waals surface area contributed by atoms with Gasteiger partial charge in [-0.2, -0.15) is 0 Å². The molecular formula is C12H12N2OS. The molecule has 1 heterocycles. The zero-order valence-corrected chi connectivity index (χ0v) is 9.97. The van der Waals surface area contributed by atoms with Gasteiger partial charge in [0.1, 0.15) is 0 Å². The van der Waals surface area contributed by atoms with Crippen molar-refractivity contribution in [1.29, 1.82) is 0 Å². The highest BCUT2D eigenvalue weighted by Gasteiger charge is 2.03. The zero-order chi connectivity index (χ0) is 11.5. The van der Waals surface area contributed by atoms with E-state index in [9.17, 15) is 4.79 Å². The lowest BCUT2D eigenvalue weighted by Gasteiger charge is -2.06. The van der Waals surface area contributed by atoms with E-state index in [0.29, 0.717) is 0 Å². The van der Waals surface area contributed by atoms with Gasteiger partial charge in [-0.15, -0.1) is 11.8 Å². The molecule has 1 N–H and O–H groups in total. The van der Waals surface area contributed by atoms with Crippen molar-refractivity contribution in [2.45, 2.75) is 11.8 Å². The number of aromatic amines is 1. The molecule has 2 aromatic rings. The van der Waals surface area contributed by atoms with Crippen LogP contribution in [0.4, 0.5) is 0 Å². The van der Waals surface area contributed by atoms with Crippen molar-refractivity contribution < 1.29 is 0 Å². The summed E-state index contributed by atoms with van der Waals surface area (Å²) in [4.78, 5) is 18.9. The maximum absolute atomic E-state index is 10.9. The van der Waals surface area contributed by atoms with Gasteiger partial charge in [0, 0.05) is 16.7 Å². The quantitative estimate of drug-likeness (QED) is 0.809. The van der Waals surface area contributed by atoms with Crippen LogP contribution in [0.2, 0.25) is 0 Å². The summed E-state index contributed by atoms with van der Waals surface area (Å²) in [6.07, 6.45) is 4.99. The Balaban J connectivity index is 2.48. The first kappa shape index (κ1) is 11.0. The molecule has 0 aliphatic carbocycles. The number of benzene rings is 1. The molecule has 0 aliphatic heterocycles. The van der Waals surface area contributed by atoms with Crippen LogP contribution in [-0.4, -0.2) is 16.2 Å². The third-order valence-electron chi connectivity index (χ3n) is 2.38. The zero-order valence-electron chi connectivity index (χ0n) is 9.15. The number of thioether (sulfide) groups is 1. The summed E-state index contributed by atoms with van der Waals surface area (Å²) in [6.45, 7) is 2.04. The molecule has 0 saturated carbocycles. The fraction of sp³-hybridized carbons (Fsp3) is 0.167. The topological polar surface area (TPSA) is 45.8 Å². The van der Waals surface area contributed by atoms with Crippen LogP contribution in [0.1, 0.15) is 5.56 Å². The summed E-state index contributed by atoms with van der Waals surface area (Å²) in [7, 11) is 0. The number of nitrogens with zero attached hydrogens (tertiary/aromatic N) is 1. The molecule has 0 atom stereocenters. The second-order valence-electron chi connectivity index (χ2n) is 3.48. The van der Waals surface area contributed by atoms with Gasteiger partial charge in [-0.05, 0) is 30.9 Å². The van der Waals surface area contributed by atoms with E-state index in [-0.39, 0.29) is 5.56 Å². The number of aromatic nitrogens is 2. The van der Waals surface area contributed by atoms with Crippen LogP contribution in [0.15, 0.2) is 40.3 Å². The SMILES string of the molecule is CSc1ccc(-c2c[nH]c(=O)cn2)c(C)c1. The van der Waals surface area contributed by atoms with Crippen LogP contribution in [0.3, 0.4) is 0 Å². The van der Waals surface area contributed by atoms with E-state index < -0.39 is 0 Å². The fourth-order valence-corrected chi connectivity index (χ4v) is 2.04. The number of hydrogen-bond donors (Lipinski definition) is 1. The largest absolute Gasteiger partial charge is 0.326 e. The monoisotopic (exact) mass is 232 g/mol. The van der Waals surface area contributed by atoms with Crippen LogP contribution in [0.5, 0.6) is 0 Å². The Hall–Kier alpha value is -1.55. The van der Waals surface area contributed by atoms with E-state index in [1.807, 2.05) is 19.2 Å². The molecule has 0 fully saturated rings. The Morgan fingerprint density at radius 3 is 2.75 bits per heavy atom. The molecule has 0 aliphatic rings. The van der Waals surface area contributed by atoms with Crippen LogP contribution in [0.25, 0.3) is 11.3 Å². The van der Waals surface area contributed by atoms with E-state index in [1.54, 1.807) is 18.0 Å². The lowest BCUT2D eigenvalue weighted by Crippen LogP contribution is -2.04. The Morgan fingerprint density at radius 1 is 1.38 bits per heavy atom. The standard InChI is InChI=1S/C12H12N2OS/c1-8-5-9(16-2)3-4-10(8)11-6-14-12(15)7-13-11/h3-7H,1-2H3,(H,14,15). The Labute approximate surface area is 97.9 Å². The molecule has 0 saturated heterocycles. The molecule has 0 spiro atoms. The Kier molecular flexibility index (Phi) is 3.10. The minimum absolute atomic E-state index is 0.179. The molecule has 1 aromatic heterocycles. The average molecular weight is 232 g/mol. The van der Waals surface area contributed by atoms with Crippen molar-refractivity contribution >= 4 is 11.8 Å². The first-order valence-corrected chi connectivity index (χ1v) is 6.13. The van der Waals surface area contributed by atoms with E-state index in [4.69, 9.17) is 0 Å². The third-order valence-corrected chi connectivity index (χ3v) is 3.11. The molecule has 4 heteroatoms. The number of rotatable bonds is 2. The van der Waals surface area contributed by atoms with Gasteiger partial charge in [-0.1, -0.05) is 6.07 Å². The molecular weight excluding hydrogens is 220 g/mol. The summed E-state index contributed by atoms with van der Waals surface area (Å²) >= 11 is 1.71. The van der Waals surface area contributed by atoms with Gasteiger partial charge in [0.25, 0.3) is 5.56 Å². The van der Waals surface area contributed by atoms with Gasteiger partial charge in [0.05, 0.1) is 11.9 Å². The summed E-state index contributed by atoms with van der Waals surface area (Å²) in [6, 6.07) is 6.20. The van der Waals surface area contributed by atoms with Gasteiger partial charge in [0.15, 0.2) is 0 Å². The van der Waals surface area contributed by atoms with Gasteiger partial charge >= 0.3 is 0 Å². The van der Waals surface area contributed by atoms with Crippen molar-refractivity contribution in [3.05, 3.63) is 46.5 Å². The molecule has 0 unspecified atom stereocenters. The number of H-pyrrole nitrogens is 1. The van der Waals surface area contributed by atoms with Crippen molar-refractivity contribution in [1.82, 2.24) is 9.97 Å². The van der Waals surface area contributed by atoms with Crippen LogP contribution < -0.4 is 5.56 Å². The minimum atomic E-state index is -0.179. The maximum atomic E-state index is 10.9. The van der Waals surface area contributed by atoms with Gasteiger partial charge in [-0.3, -0.25) is 4.79 Å². The summed E-state index contributed by atoms with van der Waals surface area (Å²) < 4.78 is 0. The lowest BCUT2D eigenvalue weighted by molar-refractivity contribution is 1.14. The van der Waals surface area contributed by atoms with E-state index >= 15 is 0 Å². The molecule has 16 heavy (non-hydrogen) atoms. The Bertz CT molecular complexity index is 543. The molecule has 0 radical (unpaired) electrons. The Morgan fingerprint density at radius 2 is 2.19 bits per heavy atom. The highest BCUT2D eigenvalue weighted by molar-refractivity contribution is 7.98. The minimum Gasteiger partial charge on any atom is -0.326 e. The normalized spacial score (nSPS) is 10.4. The van der Waals surface area contributed by atoms with Crippen molar-refractivity contribution in [3.8, 4) is 11.3 Å². The van der Waals surface area contributed by atoms with Gasteiger partial charge in [-0.25, -0.2) is 4.98 Å². The highest BCUT2D eigenvalue weighted by atomic mass is 32.2. The summed E-state index contributed by atoms with van der Waals surface area (Å²) in [5, 5.41) is 0. The number of aryl methyl sites for hydroxylation is 1. The van der Waals surface area contributed by atoms with Gasteiger partial charge < -0.3 is 4.98 Å².